The Morgan fingerprint density at radius 2 is 2.00 bits per heavy atom. The van der Waals surface area contributed by atoms with Gasteiger partial charge in [-0.25, -0.2) is 13.8 Å². The Labute approximate surface area is 161 Å². The number of nitrogens with zero attached hydrogens (tertiary/aromatic N) is 2. The van der Waals surface area contributed by atoms with Crippen LogP contribution in [-0.4, -0.2) is 12.1 Å². The molecule has 0 aliphatic heterocycles. The number of halogens is 2. The van der Waals surface area contributed by atoms with Crippen molar-refractivity contribution in [2.75, 3.05) is 12.8 Å². The molecule has 0 atom stereocenters. The summed E-state index contributed by atoms with van der Waals surface area (Å²) in [6.45, 7) is 0. The highest BCUT2D eigenvalue weighted by Gasteiger charge is 2.15. The third kappa shape index (κ3) is 3.99. The van der Waals surface area contributed by atoms with Crippen LogP contribution >= 0.6 is 0 Å². The van der Waals surface area contributed by atoms with Gasteiger partial charge in [-0.05, 0) is 53.9 Å². The highest BCUT2D eigenvalue weighted by Crippen LogP contribution is 2.35. The second-order valence-electron chi connectivity index (χ2n) is 6.05. The lowest BCUT2D eigenvalue weighted by atomic mass is 9.99. The van der Waals surface area contributed by atoms with Crippen molar-refractivity contribution < 1.29 is 13.5 Å². The maximum atomic E-state index is 14.8. The zero-order valence-electron chi connectivity index (χ0n) is 15.1. The molecule has 1 heterocycles. The van der Waals surface area contributed by atoms with E-state index in [0.29, 0.717) is 23.4 Å². The Bertz CT molecular complexity index is 1090. The zero-order chi connectivity index (χ0) is 20.1. The number of anilines is 1. The van der Waals surface area contributed by atoms with E-state index in [1.165, 1.54) is 25.3 Å². The van der Waals surface area contributed by atoms with Gasteiger partial charge in [0.2, 0.25) is 0 Å². The number of nitriles is 1. The molecule has 0 bridgehead atoms. The molecule has 0 fully saturated rings. The standard InChI is InChI=1S/C22H17F2N3O/c1-28-20-11-14(4-2-5-15-6-3-9-27-22(15)26)10-19(24)21(20)16-7-8-17(13-25)18(23)12-16/h2-3,5-12H,4H2,1H3,(H2,26,27)/b5-2-. The van der Waals surface area contributed by atoms with E-state index in [1.807, 2.05) is 18.2 Å². The molecule has 1 aromatic heterocycles. The van der Waals surface area contributed by atoms with E-state index in [0.717, 1.165) is 11.6 Å². The Balaban J connectivity index is 1.91. The SMILES string of the molecule is COc1cc(C/C=C\c2cccnc2N)cc(F)c1-c1ccc(C#N)c(F)c1. The first-order valence-corrected chi connectivity index (χ1v) is 8.47. The number of hydrogen-bond donors (Lipinski definition) is 1. The first kappa shape index (κ1) is 19.1. The van der Waals surface area contributed by atoms with Gasteiger partial charge in [-0.2, -0.15) is 5.26 Å². The molecular formula is C22H17F2N3O. The fraction of sp³-hybridized carbons (Fsp3) is 0.0909. The van der Waals surface area contributed by atoms with Crippen LogP contribution in [0.5, 0.6) is 5.75 Å². The average Bonchev–Trinajstić information content (AvgIpc) is 2.69. The molecule has 2 N–H and O–H groups in total. The Morgan fingerprint density at radius 1 is 1.18 bits per heavy atom. The number of rotatable bonds is 5. The topological polar surface area (TPSA) is 71.9 Å². The van der Waals surface area contributed by atoms with E-state index in [1.54, 1.807) is 24.4 Å². The van der Waals surface area contributed by atoms with Crippen LogP contribution in [0.2, 0.25) is 0 Å². The van der Waals surface area contributed by atoms with Crippen molar-refractivity contribution in [3.8, 4) is 22.9 Å². The van der Waals surface area contributed by atoms with Crippen molar-refractivity contribution in [2.24, 2.45) is 0 Å². The number of nitrogen functional groups attached to an aromatic ring is 1. The molecule has 0 spiro atoms. The second kappa shape index (κ2) is 8.31. The minimum absolute atomic E-state index is 0.0976. The van der Waals surface area contributed by atoms with Crippen molar-refractivity contribution in [1.29, 1.82) is 5.26 Å². The van der Waals surface area contributed by atoms with E-state index in [-0.39, 0.29) is 16.9 Å². The number of aromatic nitrogens is 1. The van der Waals surface area contributed by atoms with Crippen LogP contribution in [0.25, 0.3) is 17.2 Å². The predicted octanol–water partition coefficient (Wildman–Crippen LogP) is 4.75. The van der Waals surface area contributed by atoms with Gasteiger partial charge in [0.15, 0.2) is 0 Å². The summed E-state index contributed by atoms with van der Waals surface area (Å²) in [5.41, 5.74) is 7.61. The van der Waals surface area contributed by atoms with Gasteiger partial charge < -0.3 is 10.5 Å². The van der Waals surface area contributed by atoms with Crippen molar-refractivity contribution >= 4 is 11.9 Å². The first-order chi connectivity index (χ1) is 13.5. The third-order valence-corrected chi connectivity index (χ3v) is 4.23. The number of hydrogen-bond acceptors (Lipinski definition) is 4. The van der Waals surface area contributed by atoms with Crippen LogP contribution in [-0.2, 0) is 6.42 Å². The van der Waals surface area contributed by atoms with Gasteiger partial charge in [0.1, 0.15) is 29.3 Å². The van der Waals surface area contributed by atoms with E-state index in [9.17, 15) is 8.78 Å². The minimum Gasteiger partial charge on any atom is -0.496 e. The van der Waals surface area contributed by atoms with E-state index in [4.69, 9.17) is 15.7 Å². The molecule has 0 amide bonds. The van der Waals surface area contributed by atoms with Crippen LogP contribution in [0.3, 0.4) is 0 Å². The molecule has 4 nitrogen and oxygen atoms in total. The molecule has 0 unspecified atom stereocenters. The van der Waals surface area contributed by atoms with E-state index < -0.39 is 11.6 Å². The normalized spacial score (nSPS) is 10.8. The van der Waals surface area contributed by atoms with Crippen molar-refractivity contribution in [2.45, 2.75) is 6.42 Å². The van der Waals surface area contributed by atoms with Crippen LogP contribution in [0.1, 0.15) is 16.7 Å². The smallest absolute Gasteiger partial charge is 0.141 e. The summed E-state index contributed by atoms with van der Waals surface area (Å²) >= 11 is 0. The van der Waals surface area contributed by atoms with Gasteiger partial charge in [-0.15, -0.1) is 0 Å². The van der Waals surface area contributed by atoms with Gasteiger partial charge in [0.05, 0.1) is 18.2 Å². The fourth-order valence-corrected chi connectivity index (χ4v) is 2.85. The van der Waals surface area contributed by atoms with Crippen LogP contribution in [0, 0.1) is 23.0 Å². The summed E-state index contributed by atoms with van der Waals surface area (Å²) in [4.78, 5) is 4.01. The molecule has 3 aromatic rings. The summed E-state index contributed by atoms with van der Waals surface area (Å²) < 4.78 is 34.0. The number of benzene rings is 2. The predicted molar refractivity (Wildman–Crippen MR) is 104 cm³/mol. The van der Waals surface area contributed by atoms with Gasteiger partial charge in [-0.1, -0.05) is 18.2 Å². The summed E-state index contributed by atoms with van der Waals surface area (Å²) in [6, 6.07) is 12.4. The van der Waals surface area contributed by atoms with Gasteiger partial charge in [0.25, 0.3) is 0 Å². The Hall–Kier alpha value is -3.72. The monoisotopic (exact) mass is 377 g/mol. The summed E-state index contributed by atoms with van der Waals surface area (Å²) in [6.07, 6.45) is 5.72. The molecule has 0 aliphatic rings. The highest BCUT2D eigenvalue weighted by molar-refractivity contribution is 5.72. The largest absolute Gasteiger partial charge is 0.496 e. The maximum Gasteiger partial charge on any atom is 0.141 e. The molecule has 3 rings (SSSR count). The second-order valence-corrected chi connectivity index (χ2v) is 6.05. The van der Waals surface area contributed by atoms with Gasteiger partial charge in [-0.3, -0.25) is 0 Å². The summed E-state index contributed by atoms with van der Waals surface area (Å²) in [7, 11) is 1.42. The zero-order valence-corrected chi connectivity index (χ0v) is 15.1. The molecule has 28 heavy (non-hydrogen) atoms. The summed E-state index contributed by atoms with van der Waals surface area (Å²) in [5.74, 6) is -0.538. The van der Waals surface area contributed by atoms with Crippen molar-refractivity contribution in [3.63, 3.8) is 0 Å². The maximum absolute atomic E-state index is 14.8. The van der Waals surface area contributed by atoms with Crippen LogP contribution < -0.4 is 10.5 Å². The number of nitrogens with two attached hydrogens (primary N) is 1. The van der Waals surface area contributed by atoms with Crippen molar-refractivity contribution in [1.82, 2.24) is 4.98 Å². The molecule has 2 aromatic carbocycles. The van der Waals surface area contributed by atoms with Crippen molar-refractivity contribution in [3.05, 3.63) is 83.1 Å². The minimum atomic E-state index is -0.706. The first-order valence-electron chi connectivity index (χ1n) is 8.47. The van der Waals surface area contributed by atoms with Crippen LogP contribution in [0.15, 0.2) is 54.7 Å². The quantitative estimate of drug-likeness (QED) is 0.697. The molecule has 140 valence electrons. The highest BCUT2D eigenvalue weighted by atomic mass is 19.1. The van der Waals surface area contributed by atoms with E-state index >= 15 is 0 Å². The number of pyridine rings is 1. The molecule has 6 heteroatoms. The number of ether oxygens (including phenoxy) is 1. The van der Waals surface area contributed by atoms with E-state index in [2.05, 4.69) is 4.98 Å². The molecule has 0 saturated carbocycles. The number of methoxy groups -OCH3 is 1. The van der Waals surface area contributed by atoms with Crippen LogP contribution in [0.4, 0.5) is 14.6 Å². The lowest BCUT2D eigenvalue weighted by Gasteiger charge is -2.12. The Morgan fingerprint density at radius 3 is 2.68 bits per heavy atom. The average molecular weight is 377 g/mol. The third-order valence-electron chi connectivity index (χ3n) is 4.23. The Kier molecular flexibility index (Phi) is 5.66. The molecule has 0 saturated heterocycles. The molecule has 0 aliphatic carbocycles. The van der Waals surface area contributed by atoms with Gasteiger partial charge in [0, 0.05) is 11.8 Å². The number of allylic oxidation sites excluding steroid dienone is 1. The molecular weight excluding hydrogens is 360 g/mol. The lowest BCUT2D eigenvalue weighted by molar-refractivity contribution is 0.413. The lowest BCUT2D eigenvalue weighted by Crippen LogP contribution is -1.96. The van der Waals surface area contributed by atoms with Gasteiger partial charge >= 0.3 is 0 Å². The molecule has 0 radical (unpaired) electrons. The fourth-order valence-electron chi connectivity index (χ4n) is 2.85. The summed E-state index contributed by atoms with van der Waals surface area (Å²) in [5, 5.41) is 8.85.